The summed E-state index contributed by atoms with van der Waals surface area (Å²) in [5.74, 6) is -0.445. The average molecular weight is 481 g/mol. The number of hydrogen-bond donors (Lipinski definition) is 2. The van der Waals surface area contributed by atoms with E-state index in [2.05, 4.69) is 35.3 Å². The summed E-state index contributed by atoms with van der Waals surface area (Å²) in [7, 11) is 0. The van der Waals surface area contributed by atoms with Crippen LogP contribution in [0.3, 0.4) is 0 Å². The van der Waals surface area contributed by atoms with Crippen molar-refractivity contribution >= 4 is 11.5 Å². The van der Waals surface area contributed by atoms with E-state index in [1.165, 1.54) is 0 Å². The second kappa shape index (κ2) is 10.5. The van der Waals surface area contributed by atoms with Crippen molar-refractivity contribution in [1.82, 2.24) is 9.55 Å². The van der Waals surface area contributed by atoms with E-state index in [9.17, 15) is 9.59 Å². The predicted octanol–water partition coefficient (Wildman–Crippen LogP) is 5.24. The number of fused-ring (bicyclic) bond motifs is 1. The molecule has 1 aliphatic rings. The molecule has 0 saturated carbocycles. The van der Waals surface area contributed by atoms with Crippen molar-refractivity contribution in [2.24, 2.45) is 0 Å². The van der Waals surface area contributed by atoms with Crippen LogP contribution in [0.25, 0.3) is 5.57 Å². The number of carbonyl (C=O) groups is 1. The largest absolute Gasteiger partial charge is 0.482 e. The first-order valence-electron chi connectivity index (χ1n) is 12.2. The van der Waals surface area contributed by atoms with Crippen LogP contribution in [0, 0.1) is 0 Å². The van der Waals surface area contributed by atoms with Gasteiger partial charge < -0.3 is 14.8 Å². The zero-order chi connectivity index (χ0) is 24.9. The molecule has 6 heteroatoms. The molecule has 5 rings (SSSR count). The lowest BCUT2D eigenvalue weighted by atomic mass is 9.86. The first kappa shape index (κ1) is 23.4. The molecule has 0 saturated heterocycles. The Kier molecular flexibility index (Phi) is 6.85. The third-order valence-electron chi connectivity index (χ3n) is 6.62. The molecular formula is C30H28N2O4. The van der Waals surface area contributed by atoms with Gasteiger partial charge >= 0.3 is 11.7 Å². The first-order chi connectivity index (χ1) is 17.6. The summed E-state index contributed by atoms with van der Waals surface area (Å²) in [4.78, 5) is 27.0. The number of carboxylic acids is 1. The van der Waals surface area contributed by atoms with Gasteiger partial charge in [-0.15, -0.1) is 0 Å². The maximum Gasteiger partial charge on any atom is 0.341 e. The molecular weight excluding hydrogens is 452 g/mol. The van der Waals surface area contributed by atoms with Crippen LogP contribution in [0.2, 0.25) is 0 Å². The summed E-state index contributed by atoms with van der Waals surface area (Å²) < 4.78 is 7.23. The van der Waals surface area contributed by atoms with Crippen LogP contribution >= 0.6 is 0 Å². The molecule has 0 amide bonds. The van der Waals surface area contributed by atoms with Crippen molar-refractivity contribution in [3.05, 3.63) is 130 Å². The Labute approximate surface area is 209 Å². The third-order valence-corrected chi connectivity index (χ3v) is 6.62. The lowest BCUT2D eigenvalue weighted by Gasteiger charge is -2.22. The summed E-state index contributed by atoms with van der Waals surface area (Å²) in [6.07, 6.45) is 6.70. The molecule has 4 aromatic rings. The average Bonchev–Trinajstić information content (AvgIpc) is 3.27. The van der Waals surface area contributed by atoms with Crippen LogP contribution in [0.15, 0.2) is 95.9 Å². The fraction of sp³-hybridized carbons (Fsp3) is 0.200. The number of aliphatic carboxylic acids is 1. The van der Waals surface area contributed by atoms with E-state index in [1.54, 1.807) is 4.57 Å². The van der Waals surface area contributed by atoms with Crippen LogP contribution in [-0.2, 0) is 17.8 Å². The van der Waals surface area contributed by atoms with Gasteiger partial charge in [-0.2, -0.15) is 0 Å². The first-order valence-corrected chi connectivity index (χ1v) is 12.2. The monoisotopic (exact) mass is 480 g/mol. The minimum Gasteiger partial charge on any atom is -0.482 e. The van der Waals surface area contributed by atoms with Crippen molar-refractivity contribution in [1.29, 1.82) is 0 Å². The van der Waals surface area contributed by atoms with Gasteiger partial charge in [-0.05, 0) is 47.6 Å². The number of aromatic nitrogens is 2. The van der Waals surface area contributed by atoms with Crippen LogP contribution in [0.5, 0.6) is 5.75 Å². The standard InChI is InChI=1S/C30H28N2O4/c33-28(34)20-36-27-16-8-14-24-21(13-7-15-25(24)27)17-18-32-19-26(31-30(32)35)29(22-9-3-1-4-10-22)23-11-5-2-6-12-23/h1-6,8-12,14,16-17,19,29H,7,13,15,18,20H2,(H,31,35)(H,33,34)/b21-17-. The molecule has 6 nitrogen and oxygen atoms in total. The summed E-state index contributed by atoms with van der Waals surface area (Å²) >= 11 is 0. The van der Waals surface area contributed by atoms with Crippen molar-refractivity contribution in [3.63, 3.8) is 0 Å². The van der Waals surface area contributed by atoms with Gasteiger partial charge in [-0.25, -0.2) is 9.59 Å². The molecule has 0 fully saturated rings. The summed E-state index contributed by atoms with van der Waals surface area (Å²) in [5, 5.41) is 8.98. The molecule has 0 atom stereocenters. The van der Waals surface area contributed by atoms with Gasteiger partial charge in [0.1, 0.15) is 5.75 Å². The lowest BCUT2D eigenvalue weighted by Crippen LogP contribution is -2.16. The van der Waals surface area contributed by atoms with Crippen LogP contribution in [0.4, 0.5) is 0 Å². The smallest absolute Gasteiger partial charge is 0.341 e. The highest BCUT2D eigenvalue weighted by Crippen LogP contribution is 2.36. The number of aromatic amines is 1. The van der Waals surface area contributed by atoms with Gasteiger partial charge in [0.2, 0.25) is 0 Å². The van der Waals surface area contributed by atoms with Crippen LogP contribution in [0.1, 0.15) is 46.7 Å². The molecule has 1 aromatic heterocycles. The molecule has 1 heterocycles. The number of H-pyrrole nitrogens is 1. The molecule has 0 radical (unpaired) electrons. The van der Waals surface area contributed by atoms with Crippen molar-refractivity contribution in [2.45, 2.75) is 31.7 Å². The van der Waals surface area contributed by atoms with E-state index >= 15 is 0 Å². The minimum absolute atomic E-state index is 0.0710. The molecule has 3 aromatic carbocycles. The number of hydrogen-bond acceptors (Lipinski definition) is 3. The van der Waals surface area contributed by atoms with Gasteiger partial charge in [-0.3, -0.25) is 4.57 Å². The fourth-order valence-electron chi connectivity index (χ4n) is 4.99. The third kappa shape index (κ3) is 5.03. The number of imidazole rings is 1. The van der Waals surface area contributed by atoms with E-state index in [1.807, 2.05) is 60.8 Å². The Morgan fingerprint density at radius 1 is 0.972 bits per heavy atom. The highest BCUT2D eigenvalue weighted by Gasteiger charge is 2.21. The number of nitrogens with one attached hydrogen (secondary N) is 1. The Hall–Kier alpha value is -4.32. The zero-order valence-electron chi connectivity index (χ0n) is 19.9. The highest BCUT2D eigenvalue weighted by molar-refractivity contribution is 5.73. The Morgan fingerprint density at radius 3 is 2.33 bits per heavy atom. The normalized spacial score (nSPS) is 14.1. The van der Waals surface area contributed by atoms with Gasteiger partial charge in [0.05, 0.1) is 5.92 Å². The molecule has 0 spiro atoms. The summed E-state index contributed by atoms with van der Waals surface area (Å²) in [6.45, 7) is 0.0850. The van der Waals surface area contributed by atoms with Crippen LogP contribution < -0.4 is 10.4 Å². The van der Waals surface area contributed by atoms with E-state index in [-0.39, 0.29) is 18.2 Å². The van der Waals surface area contributed by atoms with Crippen LogP contribution in [-0.4, -0.2) is 27.2 Å². The second-order valence-electron chi connectivity index (χ2n) is 8.97. The fourth-order valence-corrected chi connectivity index (χ4v) is 4.99. The minimum atomic E-state index is -0.994. The number of carboxylic acid groups (broad SMARTS) is 1. The molecule has 0 bridgehead atoms. The van der Waals surface area contributed by atoms with Gasteiger partial charge in [0, 0.05) is 24.0 Å². The van der Waals surface area contributed by atoms with Gasteiger partial charge in [-0.1, -0.05) is 78.9 Å². The second-order valence-corrected chi connectivity index (χ2v) is 8.97. The van der Waals surface area contributed by atoms with E-state index < -0.39 is 5.97 Å². The molecule has 0 unspecified atom stereocenters. The topological polar surface area (TPSA) is 84.3 Å². The molecule has 0 aliphatic heterocycles. The molecule has 36 heavy (non-hydrogen) atoms. The zero-order valence-corrected chi connectivity index (χ0v) is 19.9. The Balaban J connectivity index is 1.44. The number of allylic oxidation sites excluding steroid dienone is 2. The van der Waals surface area contributed by atoms with E-state index in [4.69, 9.17) is 9.84 Å². The SMILES string of the molecule is O=C(O)COc1cccc2c1CCC/C2=C/Cn1cc(C(c2ccccc2)c2ccccc2)[nH]c1=O. The molecule has 1 aliphatic carbocycles. The number of nitrogens with zero attached hydrogens (tertiary/aromatic N) is 1. The highest BCUT2D eigenvalue weighted by atomic mass is 16.5. The van der Waals surface area contributed by atoms with Gasteiger partial charge in [0.15, 0.2) is 6.61 Å². The predicted molar refractivity (Wildman–Crippen MR) is 139 cm³/mol. The quantitative estimate of drug-likeness (QED) is 0.361. The number of rotatable bonds is 8. The summed E-state index contributed by atoms with van der Waals surface area (Å²) in [5.41, 5.74) is 6.19. The lowest BCUT2D eigenvalue weighted by molar-refractivity contribution is -0.139. The summed E-state index contributed by atoms with van der Waals surface area (Å²) in [6, 6.07) is 26.1. The van der Waals surface area contributed by atoms with E-state index in [0.717, 1.165) is 52.8 Å². The number of benzene rings is 3. The Bertz CT molecular complexity index is 1400. The molecule has 182 valence electrons. The van der Waals surface area contributed by atoms with E-state index in [0.29, 0.717) is 12.3 Å². The maximum atomic E-state index is 12.9. The van der Waals surface area contributed by atoms with Crippen molar-refractivity contribution < 1.29 is 14.6 Å². The maximum absolute atomic E-state index is 12.9. The van der Waals surface area contributed by atoms with Crippen molar-refractivity contribution in [2.75, 3.05) is 6.61 Å². The Morgan fingerprint density at radius 2 is 1.67 bits per heavy atom. The van der Waals surface area contributed by atoms with Gasteiger partial charge in [0.25, 0.3) is 0 Å². The van der Waals surface area contributed by atoms with Crippen molar-refractivity contribution in [3.8, 4) is 5.75 Å². The number of ether oxygens (including phenoxy) is 1. The molecule has 2 N–H and O–H groups in total.